The predicted molar refractivity (Wildman–Crippen MR) is 106 cm³/mol. The highest BCUT2D eigenvalue weighted by Crippen LogP contribution is 2.76. The Morgan fingerprint density at radius 1 is 1.25 bits per heavy atom. The summed E-state index contributed by atoms with van der Waals surface area (Å²) < 4.78 is 27.8. The lowest BCUT2D eigenvalue weighted by Gasteiger charge is -2.44. The largest absolute Gasteiger partial charge is 0.469 e. The first-order valence-electron chi connectivity index (χ1n) is 11.0. The molecule has 0 N–H and O–H groups in total. The number of ketones is 1. The second kappa shape index (κ2) is 6.63. The molecule has 5 rings (SSSR count). The van der Waals surface area contributed by atoms with E-state index in [1.54, 1.807) is 6.92 Å². The normalized spacial score (nSPS) is 47.6. The van der Waals surface area contributed by atoms with E-state index >= 15 is 0 Å². The van der Waals surface area contributed by atoms with Gasteiger partial charge in [-0.15, -0.1) is 0 Å². The van der Waals surface area contributed by atoms with Crippen molar-refractivity contribution in [2.75, 3.05) is 21.0 Å². The molecule has 5 aliphatic rings. The Hall–Kier alpha value is -2.26. The molecule has 174 valence electrons. The molecule has 1 spiro atoms. The summed E-state index contributed by atoms with van der Waals surface area (Å²) in [6, 6.07) is 0. The molecule has 9 nitrogen and oxygen atoms in total. The van der Waals surface area contributed by atoms with Gasteiger partial charge in [0.05, 0.1) is 19.1 Å². The Morgan fingerprint density at radius 3 is 2.66 bits per heavy atom. The van der Waals surface area contributed by atoms with Crippen molar-refractivity contribution in [1.29, 1.82) is 0 Å². The molecule has 0 unspecified atom stereocenters. The first-order valence-corrected chi connectivity index (χ1v) is 11.0. The van der Waals surface area contributed by atoms with Crippen LogP contribution in [-0.2, 0) is 42.9 Å². The van der Waals surface area contributed by atoms with Crippen molar-refractivity contribution in [3.63, 3.8) is 0 Å². The summed E-state index contributed by atoms with van der Waals surface area (Å²) in [6.07, 6.45) is 4.14. The van der Waals surface area contributed by atoms with Gasteiger partial charge in [-0.2, -0.15) is 0 Å². The molecular formula is C23H28O9. The van der Waals surface area contributed by atoms with E-state index in [0.717, 1.165) is 0 Å². The second-order valence-electron chi connectivity index (χ2n) is 10.0. The zero-order chi connectivity index (χ0) is 23.1. The molecule has 1 aliphatic heterocycles. The van der Waals surface area contributed by atoms with E-state index < -0.39 is 57.9 Å². The average molecular weight is 448 g/mol. The van der Waals surface area contributed by atoms with Gasteiger partial charge in [0.1, 0.15) is 17.8 Å². The molecule has 0 amide bonds. The van der Waals surface area contributed by atoms with E-state index in [9.17, 15) is 19.2 Å². The zero-order valence-corrected chi connectivity index (χ0v) is 18.7. The molecule has 1 heterocycles. The highest BCUT2D eigenvalue weighted by molar-refractivity contribution is 5.95. The predicted octanol–water partition coefficient (Wildman–Crippen LogP) is 1.33. The number of ether oxygens (including phenoxy) is 5. The van der Waals surface area contributed by atoms with Crippen molar-refractivity contribution in [3.8, 4) is 0 Å². The number of esters is 3. The summed E-state index contributed by atoms with van der Waals surface area (Å²) in [4.78, 5) is 51.7. The topological polar surface area (TPSA) is 114 Å². The highest BCUT2D eigenvalue weighted by Gasteiger charge is 2.85. The first kappa shape index (κ1) is 21.6. The van der Waals surface area contributed by atoms with Crippen LogP contribution in [0.1, 0.15) is 39.5 Å². The van der Waals surface area contributed by atoms with Crippen LogP contribution in [0.3, 0.4) is 0 Å². The van der Waals surface area contributed by atoms with E-state index in [4.69, 9.17) is 23.7 Å². The summed E-state index contributed by atoms with van der Waals surface area (Å²) in [5, 5.41) is 0. The van der Waals surface area contributed by atoms with Gasteiger partial charge < -0.3 is 23.7 Å². The van der Waals surface area contributed by atoms with E-state index in [1.807, 2.05) is 12.2 Å². The van der Waals surface area contributed by atoms with Gasteiger partial charge in [-0.25, -0.2) is 0 Å². The fourth-order valence-corrected chi connectivity index (χ4v) is 7.83. The maximum absolute atomic E-state index is 13.3. The molecule has 4 bridgehead atoms. The van der Waals surface area contributed by atoms with E-state index in [-0.39, 0.29) is 31.3 Å². The fourth-order valence-electron chi connectivity index (χ4n) is 7.83. The molecule has 4 fully saturated rings. The van der Waals surface area contributed by atoms with E-state index in [1.165, 1.54) is 21.1 Å². The summed E-state index contributed by atoms with van der Waals surface area (Å²) in [5.41, 5.74) is -4.26. The number of carbonyl (C=O) groups excluding carboxylic acids is 4. The Bertz CT molecular complexity index is 942. The monoisotopic (exact) mass is 448 g/mol. The van der Waals surface area contributed by atoms with Crippen LogP contribution >= 0.6 is 0 Å². The number of hydrogen-bond acceptors (Lipinski definition) is 9. The molecule has 0 radical (unpaired) electrons. The van der Waals surface area contributed by atoms with Gasteiger partial charge in [0.2, 0.25) is 0 Å². The molecule has 0 aromatic rings. The zero-order valence-electron chi connectivity index (χ0n) is 18.7. The third-order valence-corrected chi connectivity index (χ3v) is 8.76. The Balaban J connectivity index is 1.67. The third-order valence-electron chi connectivity index (χ3n) is 8.76. The number of carbonyl (C=O) groups is 4. The van der Waals surface area contributed by atoms with Crippen LogP contribution in [0, 0.1) is 28.6 Å². The molecule has 32 heavy (non-hydrogen) atoms. The lowest BCUT2D eigenvalue weighted by molar-refractivity contribution is -0.174. The smallest absolute Gasteiger partial charge is 0.316 e. The second-order valence-corrected chi connectivity index (χ2v) is 10.0. The lowest BCUT2D eigenvalue weighted by Crippen LogP contribution is -2.52. The minimum atomic E-state index is -1.24. The van der Waals surface area contributed by atoms with Crippen LogP contribution in [0.5, 0.6) is 0 Å². The van der Waals surface area contributed by atoms with Crippen LogP contribution in [0.25, 0.3) is 0 Å². The maximum atomic E-state index is 13.3. The number of rotatable bonds is 5. The molecule has 9 heteroatoms. The van der Waals surface area contributed by atoms with Crippen LogP contribution in [0.4, 0.5) is 0 Å². The van der Waals surface area contributed by atoms with Crippen molar-refractivity contribution in [2.45, 2.75) is 56.8 Å². The van der Waals surface area contributed by atoms with Gasteiger partial charge in [0, 0.05) is 44.1 Å². The van der Waals surface area contributed by atoms with Crippen LogP contribution < -0.4 is 0 Å². The Labute approximate surface area is 185 Å². The molecule has 1 saturated heterocycles. The van der Waals surface area contributed by atoms with Crippen molar-refractivity contribution < 1.29 is 42.9 Å². The average Bonchev–Trinajstić information content (AvgIpc) is 3.16. The minimum absolute atomic E-state index is 0.0247. The van der Waals surface area contributed by atoms with Gasteiger partial charge in [-0.1, -0.05) is 6.08 Å². The van der Waals surface area contributed by atoms with Gasteiger partial charge in [-0.3, -0.25) is 19.2 Å². The lowest BCUT2D eigenvalue weighted by atomic mass is 9.61. The quantitative estimate of drug-likeness (QED) is 0.266. The van der Waals surface area contributed by atoms with Gasteiger partial charge in [-0.05, 0) is 25.8 Å². The summed E-state index contributed by atoms with van der Waals surface area (Å²) in [5.74, 6) is -3.25. The SMILES string of the molecule is COCO[C@H]1C=C[C@]23OC(=O)[C@@]1(C)[C@H]2[C@H](C(=O)OC)[C@]12CC(=O)[C@](OC(C)=O)(CC[C@H]13)C2. The van der Waals surface area contributed by atoms with Gasteiger partial charge in [0.15, 0.2) is 11.4 Å². The molecular weight excluding hydrogens is 420 g/mol. The van der Waals surface area contributed by atoms with Crippen molar-refractivity contribution in [1.82, 2.24) is 0 Å². The number of fused-ring (bicyclic) bond motifs is 1. The van der Waals surface area contributed by atoms with Gasteiger partial charge >= 0.3 is 17.9 Å². The summed E-state index contributed by atoms with van der Waals surface area (Å²) in [7, 11) is 2.80. The standard InChI is InChI=1S/C23H28O9/c1-12(24)31-22-7-5-13-21(10-22,9-14(22)25)16(18(26)29-4)17-20(2)15(30-11-28-3)6-8-23(13,17)32-19(20)27/h6,8,13,15-17H,5,7,9-11H2,1-4H3/t13-,15+,16-,17-,20-,21+,22+,23-/m1/s1. The first-order chi connectivity index (χ1) is 15.1. The van der Waals surface area contributed by atoms with E-state index in [0.29, 0.717) is 12.8 Å². The number of Topliss-reactive ketones (excluding diaryl/α,β-unsaturated/α-hetero) is 1. The van der Waals surface area contributed by atoms with Crippen molar-refractivity contribution >= 4 is 23.7 Å². The fraction of sp³-hybridized carbons (Fsp3) is 0.739. The highest BCUT2D eigenvalue weighted by atomic mass is 16.7. The van der Waals surface area contributed by atoms with Crippen LogP contribution in [0.2, 0.25) is 0 Å². The minimum Gasteiger partial charge on any atom is -0.469 e. The molecule has 0 aromatic heterocycles. The maximum Gasteiger partial charge on any atom is 0.316 e. The molecule has 3 saturated carbocycles. The Morgan fingerprint density at radius 2 is 2.00 bits per heavy atom. The van der Waals surface area contributed by atoms with Crippen LogP contribution in [-0.4, -0.2) is 62.0 Å². The van der Waals surface area contributed by atoms with Gasteiger partial charge in [0.25, 0.3) is 0 Å². The van der Waals surface area contributed by atoms with Crippen molar-refractivity contribution in [2.24, 2.45) is 28.6 Å². The number of methoxy groups -OCH3 is 2. The molecule has 8 atom stereocenters. The summed E-state index contributed by atoms with van der Waals surface area (Å²) >= 11 is 0. The number of hydrogen-bond donors (Lipinski definition) is 0. The van der Waals surface area contributed by atoms with Crippen molar-refractivity contribution in [3.05, 3.63) is 12.2 Å². The molecule has 4 aliphatic carbocycles. The van der Waals surface area contributed by atoms with E-state index in [2.05, 4.69) is 0 Å². The molecule has 0 aromatic carbocycles. The summed E-state index contributed by atoms with van der Waals surface area (Å²) in [6.45, 7) is 3.02. The van der Waals surface area contributed by atoms with Crippen LogP contribution in [0.15, 0.2) is 12.2 Å². The Kier molecular flexibility index (Phi) is 4.47. The third kappa shape index (κ3) is 2.31.